The number of nitrogens with zero attached hydrogens (tertiary/aromatic N) is 2. The number of hydrogen-bond donors (Lipinski definition) is 1. The van der Waals surface area contributed by atoms with E-state index in [0.717, 1.165) is 18.4 Å². The molecule has 0 aliphatic heterocycles. The number of rotatable bonds is 4. The molecular formula is C15H17ClFN3. The molecule has 1 aliphatic carbocycles. The highest BCUT2D eigenvalue weighted by Gasteiger charge is 2.27. The van der Waals surface area contributed by atoms with Crippen LogP contribution < -0.4 is 5.32 Å². The van der Waals surface area contributed by atoms with Crippen LogP contribution in [0.3, 0.4) is 0 Å². The highest BCUT2D eigenvalue weighted by Crippen LogP contribution is 2.30. The summed E-state index contributed by atoms with van der Waals surface area (Å²) < 4.78 is 15.2. The highest BCUT2D eigenvalue weighted by molar-refractivity contribution is 6.31. The van der Waals surface area contributed by atoms with Gasteiger partial charge in [0.05, 0.1) is 6.33 Å². The second kappa shape index (κ2) is 5.94. The van der Waals surface area contributed by atoms with Gasteiger partial charge in [-0.05, 0) is 37.0 Å². The zero-order chi connectivity index (χ0) is 13.9. The van der Waals surface area contributed by atoms with Gasteiger partial charge in [-0.1, -0.05) is 17.7 Å². The lowest BCUT2D eigenvalue weighted by Crippen LogP contribution is -2.33. The van der Waals surface area contributed by atoms with Crippen molar-refractivity contribution >= 4 is 11.6 Å². The molecule has 1 N–H and O–H groups in total. The van der Waals surface area contributed by atoms with Crippen LogP contribution in [0.5, 0.6) is 0 Å². The molecule has 20 heavy (non-hydrogen) atoms. The molecule has 1 heterocycles. The van der Waals surface area contributed by atoms with Crippen molar-refractivity contribution in [2.45, 2.75) is 37.9 Å². The van der Waals surface area contributed by atoms with Gasteiger partial charge >= 0.3 is 0 Å². The Kier molecular flexibility index (Phi) is 4.03. The van der Waals surface area contributed by atoms with Crippen LogP contribution in [0.15, 0.2) is 36.9 Å². The quantitative estimate of drug-likeness (QED) is 0.934. The molecule has 3 nitrogen and oxygen atoms in total. The summed E-state index contributed by atoms with van der Waals surface area (Å²) in [6, 6.07) is 5.40. The molecule has 0 radical (unpaired) electrons. The van der Waals surface area contributed by atoms with Crippen molar-refractivity contribution in [3.63, 3.8) is 0 Å². The predicted octanol–water partition coefficient (Wildman–Crippen LogP) is 3.56. The van der Waals surface area contributed by atoms with E-state index < -0.39 is 0 Å². The van der Waals surface area contributed by atoms with Crippen LogP contribution in [0, 0.1) is 5.82 Å². The van der Waals surface area contributed by atoms with Crippen molar-refractivity contribution in [3.8, 4) is 0 Å². The van der Waals surface area contributed by atoms with E-state index in [1.165, 1.54) is 18.6 Å². The maximum atomic E-state index is 13.0. The Hall–Kier alpha value is -1.39. The molecule has 0 amide bonds. The zero-order valence-electron chi connectivity index (χ0n) is 11.1. The zero-order valence-corrected chi connectivity index (χ0v) is 11.9. The Balaban J connectivity index is 1.65. The summed E-state index contributed by atoms with van der Waals surface area (Å²) in [5.41, 5.74) is 0.935. The third-order valence-electron chi connectivity index (χ3n) is 3.96. The average molecular weight is 294 g/mol. The van der Waals surface area contributed by atoms with Gasteiger partial charge in [0.25, 0.3) is 0 Å². The molecule has 1 saturated carbocycles. The molecular weight excluding hydrogens is 277 g/mol. The maximum Gasteiger partial charge on any atom is 0.124 e. The minimum absolute atomic E-state index is 0.295. The predicted molar refractivity (Wildman–Crippen MR) is 77.2 cm³/mol. The third kappa shape index (κ3) is 2.86. The van der Waals surface area contributed by atoms with Crippen molar-refractivity contribution in [1.29, 1.82) is 0 Å². The Labute approximate surface area is 122 Å². The molecule has 1 aliphatic rings. The summed E-state index contributed by atoms with van der Waals surface area (Å²) in [7, 11) is 0. The van der Waals surface area contributed by atoms with E-state index in [9.17, 15) is 4.39 Å². The Morgan fingerprint density at radius 3 is 3.05 bits per heavy atom. The molecule has 2 atom stereocenters. The van der Waals surface area contributed by atoms with E-state index >= 15 is 0 Å². The van der Waals surface area contributed by atoms with Crippen molar-refractivity contribution in [1.82, 2.24) is 14.9 Å². The second-order valence-electron chi connectivity index (χ2n) is 5.23. The van der Waals surface area contributed by atoms with Gasteiger partial charge in [-0.3, -0.25) is 0 Å². The van der Waals surface area contributed by atoms with E-state index in [1.807, 2.05) is 18.7 Å². The summed E-state index contributed by atoms with van der Waals surface area (Å²) in [5, 5.41) is 4.02. The third-order valence-corrected chi connectivity index (χ3v) is 4.31. The molecule has 1 aromatic heterocycles. The summed E-state index contributed by atoms with van der Waals surface area (Å²) in [6.45, 7) is 0.662. The van der Waals surface area contributed by atoms with Crippen LogP contribution in [-0.2, 0) is 6.54 Å². The van der Waals surface area contributed by atoms with Crippen LogP contribution in [0.1, 0.15) is 30.9 Å². The Bertz CT molecular complexity index is 571. The summed E-state index contributed by atoms with van der Waals surface area (Å²) in [6.07, 6.45) is 9.20. The Morgan fingerprint density at radius 1 is 1.40 bits per heavy atom. The fourth-order valence-electron chi connectivity index (χ4n) is 2.91. The summed E-state index contributed by atoms with van der Waals surface area (Å²) in [4.78, 5) is 4.12. The van der Waals surface area contributed by atoms with Gasteiger partial charge in [-0.25, -0.2) is 9.37 Å². The average Bonchev–Trinajstić information content (AvgIpc) is 3.08. The molecule has 0 saturated heterocycles. The van der Waals surface area contributed by atoms with E-state index in [-0.39, 0.29) is 5.82 Å². The monoisotopic (exact) mass is 293 g/mol. The number of hydrogen-bond acceptors (Lipinski definition) is 2. The highest BCUT2D eigenvalue weighted by atomic mass is 35.5. The fourth-order valence-corrected chi connectivity index (χ4v) is 3.14. The van der Waals surface area contributed by atoms with Crippen molar-refractivity contribution in [3.05, 3.63) is 53.3 Å². The Morgan fingerprint density at radius 2 is 2.30 bits per heavy atom. The van der Waals surface area contributed by atoms with E-state index in [4.69, 9.17) is 11.6 Å². The van der Waals surface area contributed by atoms with Crippen LogP contribution in [0.4, 0.5) is 4.39 Å². The first-order valence-electron chi connectivity index (χ1n) is 6.89. The van der Waals surface area contributed by atoms with Crippen molar-refractivity contribution in [2.75, 3.05) is 0 Å². The van der Waals surface area contributed by atoms with Crippen LogP contribution >= 0.6 is 11.6 Å². The first kappa shape index (κ1) is 13.6. The summed E-state index contributed by atoms with van der Waals surface area (Å²) in [5.74, 6) is -0.295. The molecule has 3 rings (SSSR count). The van der Waals surface area contributed by atoms with Gasteiger partial charge < -0.3 is 9.88 Å². The summed E-state index contributed by atoms with van der Waals surface area (Å²) >= 11 is 6.06. The van der Waals surface area contributed by atoms with Crippen LogP contribution in [0.25, 0.3) is 0 Å². The lowest BCUT2D eigenvalue weighted by atomic mass is 10.1. The topological polar surface area (TPSA) is 29.9 Å². The van der Waals surface area contributed by atoms with Gasteiger partial charge in [0.1, 0.15) is 5.82 Å². The van der Waals surface area contributed by atoms with E-state index in [2.05, 4.69) is 14.9 Å². The van der Waals surface area contributed by atoms with Crippen molar-refractivity contribution < 1.29 is 4.39 Å². The van der Waals surface area contributed by atoms with Gasteiger partial charge in [0, 0.05) is 36.0 Å². The molecule has 2 aromatic rings. The van der Waals surface area contributed by atoms with Gasteiger partial charge in [0.15, 0.2) is 0 Å². The number of halogens is 2. The van der Waals surface area contributed by atoms with Crippen molar-refractivity contribution in [2.24, 2.45) is 0 Å². The maximum absolute atomic E-state index is 13.0. The minimum Gasteiger partial charge on any atom is -0.333 e. The molecule has 2 unspecified atom stereocenters. The number of aromatic nitrogens is 2. The normalized spacial score (nSPS) is 22.3. The smallest absolute Gasteiger partial charge is 0.124 e. The largest absolute Gasteiger partial charge is 0.333 e. The molecule has 5 heteroatoms. The first-order valence-corrected chi connectivity index (χ1v) is 7.26. The lowest BCUT2D eigenvalue weighted by Gasteiger charge is -2.22. The minimum atomic E-state index is -0.295. The second-order valence-corrected chi connectivity index (χ2v) is 5.64. The first-order chi connectivity index (χ1) is 9.74. The standard InChI is InChI=1S/C15H17ClFN3/c16-13-8-12(17)5-4-11(13)9-19-14-2-1-3-15(14)20-7-6-18-10-20/h4-8,10,14-15,19H,1-3,9H2. The van der Waals surface area contributed by atoms with E-state index in [1.54, 1.807) is 6.07 Å². The molecule has 0 spiro atoms. The van der Waals surface area contributed by atoms with Crippen LogP contribution in [0.2, 0.25) is 5.02 Å². The molecule has 0 bridgehead atoms. The lowest BCUT2D eigenvalue weighted by molar-refractivity contribution is 0.390. The van der Waals surface area contributed by atoms with Crippen LogP contribution in [-0.4, -0.2) is 15.6 Å². The molecule has 106 valence electrons. The van der Waals surface area contributed by atoms with Gasteiger partial charge in [-0.15, -0.1) is 0 Å². The molecule has 1 aromatic carbocycles. The van der Waals surface area contributed by atoms with Gasteiger partial charge in [0.2, 0.25) is 0 Å². The van der Waals surface area contributed by atoms with E-state index in [0.29, 0.717) is 23.7 Å². The SMILES string of the molecule is Fc1ccc(CNC2CCCC2n2ccnc2)c(Cl)c1. The number of nitrogens with one attached hydrogen (secondary N) is 1. The fraction of sp³-hybridized carbons (Fsp3) is 0.400. The number of benzene rings is 1. The number of imidazole rings is 1. The van der Waals surface area contributed by atoms with Gasteiger partial charge in [-0.2, -0.15) is 0 Å². The molecule has 1 fully saturated rings.